The summed E-state index contributed by atoms with van der Waals surface area (Å²) < 4.78 is 0. The van der Waals surface area contributed by atoms with Crippen molar-refractivity contribution >= 4 is 0 Å². The molecule has 1 fully saturated rings. The molecule has 0 saturated carbocycles. The highest BCUT2D eigenvalue weighted by Crippen LogP contribution is 2.04. The van der Waals surface area contributed by atoms with E-state index in [1.54, 1.807) is 0 Å². The van der Waals surface area contributed by atoms with Crippen LogP contribution in [0.2, 0.25) is 0 Å². The Labute approximate surface area is 74.5 Å². The lowest BCUT2D eigenvalue weighted by atomic mass is 10.1. The standard InChI is InChI=1S/C9H20N2O/c1-2-9(12)4-3-8-7-10-5-6-11-8/h8-12H,2-7H2,1H3. The zero-order valence-corrected chi connectivity index (χ0v) is 7.84. The Morgan fingerprint density at radius 2 is 2.33 bits per heavy atom. The van der Waals surface area contributed by atoms with Crippen molar-refractivity contribution < 1.29 is 5.11 Å². The number of nitrogens with one attached hydrogen (secondary N) is 2. The van der Waals surface area contributed by atoms with Gasteiger partial charge in [-0.25, -0.2) is 0 Å². The lowest BCUT2D eigenvalue weighted by Crippen LogP contribution is -2.48. The van der Waals surface area contributed by atoms with E-state index >= 15 is 0 Å². The number of hydrogen-bond donors (Lipinski definition) is 3. The second-order valence-corrected chi connectivity index (χ2v) is 3.49. The van der Waals surface area contributed by atoms with Crippen LogP contribution in [-0.4, -0.2) is 36.9 Å². The van der Waals surface area contributed by atoms with Gasteiger partial charge in [0.1, 0.15) is 0 Å². The average molecular weight is 172 g/mol. The van der Waals surface area contributed by atoms with E-state index in [1.165, 1.54) is 0 Å². The molecule has 3 heteroatoms. The van der Waals surface area contributed by atoms with Crippen molar-refractivity contribution in [2.45, 2.75) is 38.3 Å². The third kappa shape index (κ3) is 3.52. The van der Waals surface area contributed by atoms with E-state index in [-0.39, 0.29) is 6.10 Å². The van der Waals surface area contributed by atoms with Crippen LogP contribution < -0.4 is 10.6 Å². The molecule has 1 rings (SSSR count). The third-order valence-electron chi connectivity index (χ3n) is 2.45. The largest absolute Gasteiger partial charge is 0.393 e. The molecule has 72 valence electrons. The van der Waals surface area contributed by atoms with Gasteiger partial charge in [-0.15, -0.1) is 0 Å². The molecule has 3 N–H and O–H groups in total. The lowest BCUT2D eigenvalue weighted by Gasteiger charge is -2.25. The maximum absolute atomic E-state index is 9.34. The van der Waals surface area contributed by atoms with Gasteiger partial charge in [0.15, 0.2) is 0 Å². The Bertz CT molecular complexity index is 113. The highest BCUT2D eigenvalue weighted by atomic mass is 16.3. The van der Waals surface area contributed by atoms with E-state index < -0.39 is 0 Å². The summed E-state index contributed by atoms with van der Waals surface area (Å²) in [6, 6.07) is 0.569. The van der Waals surface area contributed by atoms with Crippen molar-refractivity contribution in [3.8, 4) is 0 Å². The van der Waals surface area contributed by atoms with E-state index in [0.29, 0.717) is 6.04 Å². The van der Waals surface area contributed by atoms with Crippen LogP contribution in [0.5, 0.6) is 0 Å². The summed E-state index contributed by atoms with van der Waals surface area (Å²) in [5.41, 5.74) is 0. The minimum atomic E-state index is -0.103. The topological polar surface area (TPSA) is 44.3 Å². The van der Waals surface area contributed by atoms with Crippen molar-refractivity contribution in [2.75, 3.05) is 19.6 Å². The number of piperazine rings is 1. The predicted molar refractivity (Wildman–Crippen MR) is 50.2 cm³/mol. The van der Waals surface area contributed by atoms with E-state index in [4.69, 9.17) is 0 Å². The number of rotatable bonds is 4. The zero-order valence-electron chi connectivity index (χ0n) is 7.84. The molecule has 2 atom stereocenters. The van der Waals surface area contributed by atoms with Crippen molar-refractivity contribution in [2.24, 2.45) is 0 Å². The predicted octanol–water partition coefficient (Wildman–Crippen LogP) is 0.0989. The fraction of sp³-hybridized carbons (Fsp3) is 1.00. The quantitative estimate of drug-likeness (QED) is 0.563. The lowest BCUT2D eigenvalue weighted by molar-refractivity contribution is 0.151. The minimum Gasteiger partial charge on any atom is -0.393 e. The number of aliphatic hydroxyl groups is 1. The van der Waals surface area contributed by atoms with Gasteiger partial charge in [-0.2, -0.15) is 0 Å². The number of hydrogen-bond acceptors (Lipinski definition) is 3. The highest BCUT2D eigenvalue weighted by Gasteiger charge is 2.12. The van der Waals surface area contributed by atoms with Crippen LogP contribution in [-0.2, 0) is 0 Å². The van der Waals surface area contributed by atoms with E-state index in [2.05, 4.69) is 10.6 Å². The molecule has 0 aromatic rings. The van der Waals surface area contributed by atoms with Gasteiger partial charge < -0.3 is 15.7 Å². The van der Waals surface area contributed by atoms with Crippen LogP contribution in [0, 0.1) is 0 Å². The fourth-order valence-electron chi connectivity index (χ4n) is 1.51. The molecule has 0 bridgehead atoms. The highest BCUT2D eigenvalue weighted by molar-refractivity contribution is 4.75. The monoisotopic (exact) mass is 172 g/mol. The second kappa shape index (κ2) is 5.51. The molecule has 3 nitrogen and oxygen atoms in total. The summed E-state index contributed by atoms with van der Waals surface area (Å²) in [4.78, 5) is 0. The Morgan fingerprint density at radius 1 is 1.50 bits per heavy atom. The molecule has 1 saturated heterocycles. The summed E-state index contributed by atoms with van der Waals surface area (Å²) in [6.45, 7) is 5.22. The molecule has 1 aliphatic heterocycles. The van der Waals surface area contributed by atoms with Gasteiger partial charge in [-0.1, -0.05) is 6.92 Å². The van der Waals surface area contributed by atoms with Crippen LogP contribution in [0.3, 0.4) is 0 Å². The molecule has 12 heavy (non-hydrogen) atoms. The molecular formula is C9H20N2O. The molecule has 0 aromatic carbocycles. The molecular weight excluding hydrogens is 152 g/mol. The van der Waals surface area contributed by atoms with Gasteiger partial charge in [-0.3, -0.25) is 0 Å². The first-order valence-corrected chi connectivity index (χ1v) is 4.95. The Balaban J connectivity index is 2.05. The Morgan fingerprint density at radius 3 is 2.92 bits per heavy atom. The third-order valence-corrected chi connectivity index (χ3v) is 2.45. The first-order chi connectivity index (χ1) is 5.83. The maximum Gasteiger partial charge on any atom is 0.0538 e. The van der Waals surface area contributed by atoms with Crippen LogP contribution in [0.1, 0.15) is 26.2 Å². The Kier molecular flexibility index (Phi) is 4.58. The van der Waals surface area contributed by atoms with Crippen LogP contribution in [0.4, 0.5) is 0 Å². The van der Waals surface area contributed by atoms with E-state index in [0.717, 1.165) is 38.9 Å². The molecule has 0 amide bonds. The number of aliphatic hydroxyl groups excluding tert-OH is 1. The smallest absolute Gasteiger partial charge is 0.0538 e. The van der Waals surface area contributed by atoms with Gasteiger partial charge in [0.25, 0.3) is 0 Å². The van der Waals surface area contributed by atoms with Gasteiger partial charge in [0.2, 0.25) is 0 Å². The molecule has 0 aliphatic carbocycles. The second-order valence-electron chi connectivity index (χ2n) is 3.49. The summed E-state index contributed by atoms with van der Waals surface area (Å²) in [7, 11) is 0. The molecule has 1 aliphatic rings. The van der Waals surface area contributed by atoms with E-state index in [1.807, 2.05) is 6.92 Å². The first-order valence-electron chi connectivity index (χ1n) is 4.95. The summed E-state index contributed by atoms with van der Waals surface area (Å²) in [5.74, 6) is 0. The van der Waals surface area contributed by atoms with Gasteiger partial charge >= 0.3 is 0 Å². The summed E-state index contributed by atoms with van der Waals surface area (Å²) >= 11 is 0. The van der Waals surface area contributed by atoms with Crippen molar-refractivity contribution in [3.63, 3.8) is 0 Å². The summed E-state index contributed by atoms with van der Waals surface area (Å²) in [6.07, 6.45) is 2.78. The molecule has 0 aromatic heterocycles. The SMILES string of the molecule is CCC(O)CCC1CNCCN1. The summed E-state index contributed by atoms with van der Waals surface area (Å²) in [5, 5.41) is 16.1. The molecule has 0 radical (unpaired) electrons. The van der Waals surface area contributed by atoms with Crippen molar-refractivity contribution in [1.82, 2.24) is 10.6 Å². The molecule has 0 spiro atoms. The van der Waals surface area contributed by atoms with Crippen molar-refractivity contribution in [3.05, 3.63) is 0 Å². The van der Waals surface area contributed by atoms with Crippen molar-refractivity contribution in [1.29, 1.82) is 0 Å². The average Bonchev–Trinajstić information content (AvgIpc) is 2.16. The van der Waals surface area contributed by atoms with Gasteiger partial charge in [-0.05, 0) is 19.3 Å². The Hall–Kier alpha value is -0.120. The first kappa shape index (κ1) is 9.96. The normalized spacial score (nSPS) is 27.0. The zero-order chi connectivity index (χ0) is 8.81. The van der Waals surface area contributed by atoms with Gasteiger partial charge in [0.05, 0.1) is 6.10 Å². The molecule has 2 unspecified atom stereocenters. The van der Waals surface area contributed by atoms with Crippen LogP contribution in [0.15, 0.2) is 0 Å². The van der Waals surface area contributed by atoms with Crippen LogP contribution >= 0.6 is 0 Å². The fourth-order valence-corrected chi connectivity index (χ4v) is 1.51. The van der Waals surface area contributed by atoms with Crippen LogP contribution in [0.25, 0.3) is 0 Å². The molecule has 1 heterocycles. The van der Waals surface area contributed by atoms with E-state index in [9.17, 15) is 5.11 Å². The minimum absolute atomic E-state index is 0.103. The maximum atomic E-state index is 9.34. The van der Waals surface area contributed by atoms with Gasteiger partial charge in [0, 0.05) is 25.7 Å².